The fourth-order valence-corrected chi connectivity index (χ4v) is 2.86. The molecule has 1 saturated heterocycles. The fraction of sp³-hybridized carbons (Fsp3) is 0. The maximum atomic E-state index is 12.5. The van der Waals surface area contributed by atoms with Crippen LogP contribution in [0.2, 0.25) is 0 Å². The Labute approximate surface area is 148 Å². The summed E-state index contributed by atoms with van der Waals surface area (Å²) in [5, 5.41) is 5.99. The summed E-state index contributed by atoms with van der Waals surface area (Å²) in [4.78, 5) is 24.2. The Kier molecular flexibility index (Phi) is 3.66. The first-order valence-corrected chi connectivity index (χ1v) is 7.98. The maximum Gasteiger partial charge on any atom is 0.273 e. The van der Waals surface area contributed by atoms with E-state index in [-0.39, 0.29) is 16.4 Å². The lowest BCUT2D eigenvalue weighted by atomic mass is 10.1. The molecule has 2 heterocycles. The Bertz CT molecular complexity index is 1100. The minimum absolute atomic E-state index is 0.139. The van der Waals surface area contributed by atoms with Gasteiger partial charge in [-0.1, -0.05) is 36.4 Å². The first-order valence-electron chi connectivity index (χ1n) is 7.57. The Hall–Kier alpha value is -3.25. The number of fused-ring (bicyclic) bond motifs is 1. The van der Waals surface area contributed by atoms with Crippen LogP contribution < -0.4 is 16.1 Å². The van der Waals surface area contributed by atoms with Gasteiger partial charge in [0.2, 0.25) is 0 Å². The van der Waals surface area contributed by atoms with Gasteiger partial charge in [0.25, 0.3) is 5.91 Å². The van der Waals surface area contributed by atoms with Gasteiger partial charge in [-0.3, -0.25) is 14.9 Å². The van der Waals surface area contributed by atoms with Crippen molar-refractivity contribution in [2.45, 2.75) is 0 Å². The van der Waals surface area contributed by atoms with E-state index in [1.54, 1.807) is 24.3 Å². The van der Waals surface area contributed by atoms with Gasteiger partial charge in [0.05, 0.1) is 5.39 Å². The quantitative estimate of drug-likeness (QED) is 0.550. The molecule has 5 nitrogen and oxygen atoms in total. The minimum Gasteiger partial charge on any atom is -0.456 e. The molecule has 0 spiro atoms. The maximum absolute atomic E-state index is 12.5. The largest absolute Gasteiger partial charge is 0.456 e. The Morgan fingerprint density at radius 2 is 1.76 bits per heavy atom. The van der Waals surface area contributed by atoms with Gasteiger partial charge in [0.15, 0.2) is 10.5 Å². The molecule has 1 aliphatic heterocycles. The summed E-state index contributed by atoms with van der Waals surface area (Å²) in [6.45, 7) is 0. The van der Waals surface area contributed by atoms with Crippen LogP contribution in [0.3, 0.4) is 0 Å². The lowest BCUT2D eigenvalue weighted by Crippen LogP contribution is -2.21. The van der Waals surface area contributed by atoms with Crippen molar-refractivity contribution in [1.82, 2.24) is 10.6 Å². The second-order valence-corrected chi connectivity index (χ2v) is 5.97. The summed E-state index contributed by atoms with van der Waals surface area (Å²) in [6.07, 6.45) is 1.64. The summed E-state index contributed by atoms with van der Waals surface area (Å²) >= 11 is 4.90. The monoisotopic (exact) mass is 348 g/mol. The van der Waals surface area contributed by atoms with Crippen molar-refractivity contribution >= 4 is 40.3 Å². The van der Waals surface area contributed by atoms with Crippen LogP contribution in [0.25, 0.3) is 28.4 Å². The lowest BCUT2D eigenvalue weighted by Gasteiger charge is -2.04. The zero-order chi connectivity index (χ0) is 17.4. The first kappa shape index (κ1) is 15.3. The van der Waals surface area contributed by atoms with Crippen LogP contribution in [-0.2, 0) is 4.79 Å². The van der Waals surface area contributed by atoms with Crippen molar-refractivity contribution in [3.05, 3.63) is 76.1 Å². The van der Waals surface area contributed by atoms with E-state index in [0.29, 0.717) is 28.0 Å². The van der Waals surface area contributed by atoms with Crippen molar-refractivity contribution < 1.29 is 9.21 Å². The molecular weight excluding hydrogens is 336 g/mol. The Morgan fingerprint density at radius 3 is 2.48 bits per heavy atom. The Morgan fingerprint density at radius 1 is 0.960 bits per heavy atom. The summed E-state index contributed by atoms with van der Waals surface area (Å²) in [5.74, 6) is 0.225. The van der Waals surface area contributed by atoms with Gasteiger partial charge < -0.3 is 9.73 Å². The molecule has 2 aromatic carbocycles. The SMILES string of the molecule is O=C1NC(=S)N/C1=C\c1ccc2oc(-c3ccccc3)cc(=O)c2c1. The predicted molar refractivity (Wildman–Crippen MR) is 99.8 cm³/mol. The highest BCUT2D eigenvalue weighted by atomic mass is 32.1. The average molecular weight is 348 g/mol. The highest BCUT2D eigenvalue weighted by Crippen LogP contribution is 2.23. The molecule has 3 aromatic rings. The normalized spacial score (nSPS) is 15.4. The highest BCUT2D eigenvalue weighted by Gasteiger charge is 2.20. The molecule has 1 aromatic heterocycles. The third kappa shape index (κ3) is 2.95. The Balaban J connectivity index is 1.79. The lowest BCUT2D eigenvalue weighted by molar-refractivity contribution is -0.115. The standard InChI is InChI=1S/C19H12N2O3S/c22-15-10-17(12-4-2-1-3-5-12)24-16-7-6-11(8-13(15)16)9-14-18(23)21-19(25)20-14/h1-10H,(H2,20,21,23,25)/b14-9-. The molecule has 0 atom stereocenters. The van der Waals surface area contributed by atoms with Gasteiger partial charge in [-0.2, -0.15) is 0 Å². The molecule has 0 radical (unpaired) electrons. The van der Waals surface area contributed by atoms with Crippen LogP contribution in [0, 0.1) is 0 Å². The van der Waals surface area contributed by atoms with Gasteiger partial charge in [-0.25, -0.2) is 0 Å². The second kappa shape index (κ2) is 5.99. The number of rotatable bonds is 2. The number of benzene rings is 2. The summed E-state index contributed by atoms with van der Waals surface area (Å²) in [5.41, 5.74) is 2.24. The second-order valence-electron chi connectivity index (χ2n) is 5.56. The van der Waals surface area contributed by atoms with E-state index in [1.165, 1.54) is 6.07 Å². The summed E-state index contributed by atoms with van der Waals surface area (Å²) in [7, 11) is 0. The number of carbonyl (C=O) groups excluding carboxylic acids is 1. The van der Waals surface area contributed by atoms with Gasteiger partial charge in [-0.05, 0) is 36.0 Å². The molecule has 1 fully saturated rings. The zero-order valence-electron chi connectivity index (χ0n) is 12.9. The van der Waals surface area contributed by atoms with Crippen molar-refractivity contribution in [3.8, 4) is 11.3 Å². The van der Waals surface area contributed by atoms with Gasteiger partial charge in [0, 0.05) is 11.6 Å². The van der Waals surface area contributed by atoms with E-state index in [1.807, 2.05) is 30.3 Å². The van der Waals surface area contributed by atoms with Crippen molar-refractivity contribution in [2.75, 3.05) is 0 Å². The number of carbonyl (C=O) groups is 1. The van der Waals surface area contributed by atoms with E-state index in [2.05, 4.69) is 10.6 Å². The molecule has 4 rings (SSSR count). The highest BCUT2D eigenvalue weighted by molar-refractivity contribution is 7.80. The smallest absolute Gasteiger partial charge is 0.273 e. The van der Waals surface area contributed by atoms with Crippen LogP contribution in [0.15, 0.2) is 69.5 Å². The van der Waals surface area contributed by atoms with Gasteiger partial charge >= 0.3 is 0 Å². The van der Waals surface area contributed by atoms with Crippen molar-refractivity contribution in [1.29, 1.82) is 0 Å². The molecule has 122 valence electrons. The number of hydrogen-bond donors (Lipinski definition) is 2. The molecule has 6 heteroatoms. The third-order valence-corrected chi connectivity index (χ3v) is 4.04. The molecule has 25 heavy (non-hydrogen) atoms. The van der Waals surface area contributed by atoms with E-state index in [4.69, 9.17) is 16.6 Å². The molecule has 1 amide bonds. The van der Waals surface area contributed by atoms with Gasteiger partial charge in [0.1, 0.15) is 17.0 Å². The number of nitrogens with one attached hydrogen (secondary N) is 2. The minimum atomic E-state index is -0.295. The number of thiocarbonyl (C=S) groups is 1. The molecule has 1 aliphatic rings. The van der Waals surface area contributed by atoms with Crippen molar-refractivity contribution in [3.63, 3.8) is 0 Å². The van der Waals surface area contributed by atoms with Crippen LogP contribution in [0.1, 0.15) is 5.56 Å². The molecule has 0 aliphatic carbocycles. The molecular formula is C19H12N2O3S. The fourth-order valence-electron chi connectivity index (χ4n) is 2.66. The zero-order valence-corrected chi connectivity index (χ0v) is 13.7. The topological polar surface area (TPSA) is 71.3 Å². The van der Waals surface area contributed by atoms with E-state index < -0.39 is 0 Å². The third-order valence-electron chi connectivity index (χ3n) is 3.84. The van der Waals surface area contributed by atoms with E-state index in [0.717, 1.165) is 5.56 Å². The number of amides is 1. The molecule has 0 saturated carbocycles. The van der Waals surface area contributed by atoms with E-state index >= 15 is 0 Å². The summed E-state index contributed by atoms with van der Waals surface area (Å²) in [6, 6.07) is 16.1. The average Bonchev–Trinajstić information content (AvgIpc) is 2.93. The van der Waals surface area contributed by atoms with Crippen LogP contribution in [-0.4, -0.2) is 11.0 Å². The molecule has 0 bridgehead atoms. The van der Waals surface area contributed by atoms with Crippen molar-refractivity contribution in [2.24, 2.45) is 0 Å². The number of hydrogen-bond acceptors (Lipinski definition) is 4. The van der Waals surface area contributed by atoms with E-state index in [9.17, 15) is 9.59 Å². The van der Waals surface area contributed by atoms with Crippen LogP contribution in [0.4, 0.5) is 0 Å². The first-order chi connectivity index (χ1) is 12.1. The van der Waals surface area contributed by atoms with Gasteiger partial charge in [-0.15, -0.1) is 0 Å². The molecule has 0 unspecified atom stereocenters. The summed E-state index contributed by atoms with van der Waals surface area (Å²) < 4.78 is 5.86. The van der Waals surface area contributed by atoms with Crippen LogP contribution in [0.5, 0.6) is 0 Å². The predicted octanol–water partition coefficient (Wildman–Crippen LogP) is 2.81. The molecule has 2 N–H and O–H groups in total. The van der Waals surface area contributed by atoms with Crippen LogP contribution >= 0.6 is 12.2 Å².